The molecule has 3 aromatic rings. The minimum absolute atomic E-state index is 0.0236. The summed E-state index contributed by atoms with van der Waals surface area (Å²) in [4.78, 5) is 51.9. The third kappa shape index (κ3) is 4.93. The number of urea groups is 1. The molecule has 2 atom stereocenters. The highest BCUT2D eigenvalue weighted by atomic mass is 16.2. The van der Waals surface area contributed by atoms with Gasteiger partial charge in [-0.05, 0) is 61.2 Å². The summed E-state index contributed by atoms with van der Waals surface area (Å²) in [6.45, 7) is 3.06. The van der Waals surface area contributed by atoms with Crippen LogP contribution in [0, 0.1) is 5.92 Å². The molecule has 184 valence electrons. The number of hydrogen-bond donors (Lipinski definition) is 2. The number of anilines is 2. The van der Waals surface area contributed by atoms with Crippen LogP contribution in [0.3, 0.4) is 0 Å². The van der Waals surface area contributed by atoms with Gasteiger partial charge in [0, 0.05) is 42.5 Å². The molecule has 5 rings (SSSR count). The average Bonchev–Trinajstić information content (AvgIpc) is 2.87. The summed E-state index contributed by atoms with van der Waals surface area (Å²) in [5, 5.41) is 5.68. The molecule has 0 spiro atoms. The van der Waals surface area contributed by atoms with Crippen molar-refractivity contribution in [2.24, 2.45) is 5.92 Å². The molecule has 2 aliphatic heterocycles. The predicted molar refractivity (Wildman–Crippen MR) is 137 cm³/mol. The molecule has 1 saturated heterocycles. The number of nitrogens with zero attached hydrogens (tertiary/aromatic N) is 2. The number of benzene rings is 2. The Morgan fingerprint density at radius 3 is 2.36 bits per heavy atom. The average molecular weight is 485 g/mol. The molecular formula is C28H28N4O4. The third-order valence-electron chi connectivity index (χ3n) is 6.92. The predicted octanol–water partition coefficient (Wildman–Crippen LogP) is 3.88. The second-order valence-electron chi connectivity index (χ2n) is 9.57. The number of likely N-dealkylation sites (tertiary alicyclic amines) is 1. The lowest BCUT2D eigenvalue weighted by atomic mass is 9.83. The van der Waals surface area contributed by atoms with Crippen LogP contribution in [0.1, 0.15) is 40.9 Å². The van der Waals surface area contributed by atoms with Gasteiger partial charge < -0.3 is 20.1 Å². The lowest BCUT2D eigenvalue weighted by Gasteiger charge is -2.42. The summed E-state index contributed by atoms with van der Waals surface area (Å²) in [6, 6.07) is 19.6. The van der Waals surface area contributed by atoms with Gasteiger partial charge in [-0.3, -0.25) is 14.4 Å². The van der Waals surface area contributed by atoms with Gasteiger partial charge in [-0.25, -0.2) is 4.79 Å². The number of rotatable bonds is 5. The Bertz CT molecular complexity index is 1360. The van der Waals surface area contributed by atoms with E-state index in [1.165, 1.54) is 6.92 Å². The van der Waals surface area contributed by atoms with Gasteiger partial charge in [0.15, 0.2) is 5.78 Å². The normalized spacial score (nSPS) is 18.2. The van der Waals surface area contributed by atoms with Crippen molar-refractivity contribution in [1.82, 2.24) is 9.47 Å². The number of nitrogens with one attached hydrogen (secondary N) is 2. The number of piperidine rings is 1. The van der Waals surface area contributed by atoms with Crippen LogP contribution in [-0.2, 0) is 17.8 Å². The molecule has 2 bridgehead atoms. The zero-order chi connectivity index (χ0) is 25.2. The maximum atomic E-state index is 13.2. The largest absolute Gasteiger partial charge is 0.324 e. The second kappa shape index (κ2) is 9.81. The summed E-state index contributed by atoms with van der Waals surface area (Å²) < 4.78 is 1.76. The van der Waals surface area contributed by atoms with Gasteiger partial charge in [0.25, 0.3) is 5.56 Å². The van der Waals surface area contributed by atoms with Crippen LogP contribution in [-0.4, -0.2) is 40.3 Å². The second-order valence-corrected chi connectivity index (χ2v) is 9.57. The monoisotopic (exact) mass is 484 g/mol. The standard InChI is InChI=1S/C28H28N4O4/c1-18(33)21-7-9-23(10-8-21)29-28(36)31-15-20-13-22(17-31)25-12-11-24(27(35)32(25)16-20)30-26(34)14-19-5-3-2-4-6-19/h2-12,20,22H,13-17H2,1H3,(H,29,36)(H,30,34). The van der Waals surface area contributed by atoms with Crippen LogP contribution in [0.5, 0.6) is 0 Å². The highest BCUT2D eigenvalue weighted by Crippen LogP contribution is 2.35. The van der Waals surface area contributed by atoms with Gasteiger partial charge in [-0.2, -0.15) is 0 Å². The smallest absolute Gasteiger partial charge is 0.321 e. The molecule has 36 heavy (non-hydrogen) atoms. The molecule has 2 aliphatic rings. The van der Waals surface area contributed by atoms with Crippen LogP contribution in [0.2, 0.25) is 0 Å². The van der Waals surface area contributed by atoms with E-state index >= 15 is 0 Å². The van der Waals surface area contributed by atoms with Crippen molar-refractivity contribution in [2.75, 3.05) is 23.7 Å². The molecule has 2 N–H and O–H groups in total. The number of aromatic nitrogens is 1. The van der Waals surface area contributed by atoms with Gasteiger partial charge in [0.2, 0.25) is 5.91 Å². The van der Waals surface area contributed by atoms with E-state index in [4.69, 9.17) is 0 Å². The fraction of sp³-hybridized carbons (Fsp3) is 0.286. The highest BCUT2D eigenvalue weighted by molar-refractivity contribution is 5.95. The van der Waals surface area contributed by atoms with E-state index in [0.29, 0.717) is 30.9 Å². The molecular weight excluding hydrogens is 456 g/mol. The molecule has 0 saturated carbocycles. The van der Waals surface area contributed by atoms with Crippen LogP contribution in [0.4, 0.5) is 16.2 Å². The van der Waals surface area contributed by atoms with Crippen LogP contribution >= 0.6 is 0 Å². The Labute approximate surface area is 208 Å². The molecule has 3 amide bonds. The van der Waals surface area contributed by atoms with E-state index in [9.17, 15) is 19.2 Å². The summed E-state index contributed by atoms with van der Waals surface area (Å²) in [5.74, 6) is -0.0567. The van der Waals surface area contributed by atoms with Crippen molar-refractivity contribution in [3.05, 3.63) is 93.9 Å². The number of ketones is 1. The Balaban J connectivity index is 1.27. The van der Waals surface area contributed by atoms with E-state index in [-0.39, 0.29) is 47.2 Å². The van der Waals surface area contributed by atoms with E-state index in [1.807, 2.05) is 36.4 Å². The molecule has 8 nitrogen and oxygen atoms in total. The van der Waals surface area contributed by atoms with Crippen LogP contribution in [0.15, 0.2) is 71.5 Å². The van der Waals surface area contributed by atoms with Crippen molar-refractivity contribution >= 4 is 29.1 Å². The third-order valence-corrected chi connectivity index (χ3v) is 6.92. The van der Waals surface area contributed by atoms with Gasteiger partial charge >= 0.3 is 6.03 Å². The molecule has 1 aromatic heterocycles. The van der Waals surface area contributed by atoms with Crippen LogP contribution < -0.4 is 16.2 Å². The topological polar surface area (TPSA) is 101 Å². The minimum Gasteiger partial charge on any atom is -0.324 e. The van der Waals surface area contributed by atoms with Gasteiger partial charge in [-0.1, -0.05) is 30.3 Å². The molecule has 0 aliphatic carbocycles. The summed E-state index contributed by atoms with van der Waals surface area (Å²) in [6.07, 6.45) is 1.12. The van der Waals surface area contributed by atoms with E-state index in [2.05, 4.69) is 10.6 Å². The molecule has 0 radical (unpaired) electrons. The first-order valence-electron chi connectivity index (χ1n) is 12.1. The zero-order valence-corrected chi connectivity index (χ0v) is 20.1. The van der Waals surface area contributed by atoms with Crippen molar-refractivity contribution in [2.45, 2.75) is 32.2 Å². The first kappa shape index (κ1) is 23.5. The maximum absolute atomic E-state index is 13.2. The minimum atomic E-state index is -0.228. The van der Waals surface area contributed by atoms with E-state index < -0.39 is 0 Å². The van der Waals surface area contributed by atoms with Crippen LogP contribution in [0.25, 0.3) is 0 Å². The Morgan fingerprint density at radius 1 is 0.889 bits per heavy atom. The molecule has 8 heteroatoms. The summed E-state index contributed by atoms with van der Waals surface area (Å²) in [5.41, 5.74) is 3.08. The summed E-state index contributed by atoms with van der Waals surface area (Å²) in [7, 11) is 0. The quantitative estimate of drug-likeness (QED) is 0.537. The number of carbonyl (C=O) groups is 3. The van der Waals surface area contributed by atoms with E-state index in [0.717, 1.165) is 17.7 Å². The SMILES string of the molecule is CC(=O)c1ccc(NC(=O)N2CC3CC(C2)c2ccc(NC(=O)Cc4ccccc4)c(=O)n2C3)cc1. The first-order chi connectivity index (χ1) is 17.4. The molecule has 3 heterocycles. The zero-order valence-electron chi connectivity index (χ0n) is 20.1. The van der Waals surface area contributed by atoms with Gasteiger partial charge in [-0.15, -0.1) is 0 Å². The number of pyridine rings is 1. The lowest BCUT2D eigenvalue weighted by molar-refractivity contribution is -0.115. The fourth-order valence-corrected chi connectivity index (χ4v) is 5.17. The Kier molecular flexibility index (Phi) is 6.41. The number of Topliss-reactive ketones (excluding diaryl/α,β-unsaturated/α-hetero) is 1. The molecule has 2 unspecified atom stereocenters. The lowest BCUT2D eigenvalue weighted by Crippen LogP contribution is -2.50. The number of fused-ring (bicyclic) bond motifs is 4. The molecule has 2 aromatic carbocycles. The van der Waals surface area contributed by atoms with Crippen molar-refractivity contribution < 1.29 is 14.4 Å². The number of carbonyl (C=O) groups excluding carboxylic acids is 3. The number of amides is 3. The highest BCUT2D eigenvalue weighted by Gasteiger charge is 2.36. The van der Waals surface area contributed by atoms with E-state index in [1.54, 1.807) is 39.8 Å². The van der Waals surface area contributed by atoms with Gasteiger partial charge in [0.1, 0.15) is 5.69 Å². The molecule has 1 fully saturated rings. The van der Waals surface area contributed by atoms with Crippen molar-refractivity contribution in [3.63, 3.8) is 0 Å². The Morgan fingerprint density at radius 2 is 1.64 bits per heavy atom. The maximum Gasteiger partial charge on any atom is 0.321 e. The summed E-state index contributed by atoms with van der Waals surface area (Å²) >= 11 is 0. The first-order valence-corrected chi connectivity index (χ1v) is 12.1. The Hall–Kier alpha value is -4.20. The van der Waals surface area contributed by atoms with Crippen molar-refractivity contribution in [3.8, 4) is 0 Å². The van der Waals surface area contributed by atoms with Crippen molar-refractivity contribution in [1.29, 1.82) is 0 Å². The van der Waals surface area contributed by atoms with Gasteiger partial charge in [0.05, 0.1) is 6.42 Å². The number of hydrogen-bond acceptors (Lipinski definition) is 4. The fourth-order valence-electron chi connectivity index (χ4n) is 5.17.